The maximum Gasteiger partial charge on any atom is 0.272 e. The first-order valence-electron chi connectivity index (χ1n) is 5.37. The molecule has 0 spiro atoms. The molecule has 19 heavy (non-hydrogen) atoms. The van der Waals surface area contributed by atoms with Gasteiger partial charge in [0.25, 0.3) is 10.0 Å². The van der Waals surface area contributed by atoms with Crippen LogP contribution in [0.25, 0.3) is 0 Å². The molecule has 4 nitrogen and oxygen atoms in total. The van der Waals surface area contributed by atoms with Crippen LogP contribution in [-0.2, 0) is 10.0 Å². The molecule has 0 unspecified atom stereocenters. The zero-order valence-electron chi connectivity index (χ0n) is 10.3. The molecule has 2 aromatic rings. The van der Waals surface area contributed by atoms with Crippen LogP contribution in [-0.4, -0.2) is 13.5 Å². The Morgan fingerprint density at radius 2 is 1.95 bits per heavy atom. The fourth-order valence-corrected chi connectivity index (χ4v) is 5.03. The van der Waals surface area contributed by atoms with Crippen molar-refractivity contribution in [3.8, 4) is 5.75 Å². The van der Waals surface area contributed by atoms with Gasteiger partial charge in [0.1, 0.15) is 5.75 Å². The molecule has 1 aromatic heterocycles. The van der Waals surface area contributed by atoms with Crippen LogP contribution in [0.3, 0.4) is 0 Å². The SMILES string of the molecule is Cc1cc(NS(=O)(=O)c2sccc2Br)c(C)cc1O. The largest absolute Gasteiger partial charge is 0.508 e. The molecule has 0 radical (unpaired) electrons. The normalized spacial score (nSPS) is 11.5. The predicted octanol–water partition coefficient (Wildman–Crippen LogP) is 3.63. The van der Waals surface area contributed by atoms with E-state index in [1.165, 1.54) is 6.07 Å². The van der Waals surface area contributed by atoms with Crippen molar-refractivity contribution in [2.24, 2.45) is 0 Å². The third-order valence-corrected chi connectivity index (χ3v) is 6.65. The molecule has 0 aliphatic heterocycles. The van der Waals surface area contributed by atoms with Crippen molar-refractivity contribution in [1.29, 1.82) is 0 Å². The van der Waals surface area contributed by atoms with Crippen molar-refractivity contribution in [3.63, 3.8) is 0 Å². The molecular weight excluding hydrogens is 350 g/mol. The quantitative estimate of drug-likeness (QED) is 0.820. The zero-order valence-corrected chi connectivity index (χ0v) is 13.5. The highest BCUT2D eigenvalue weighted by molar-refractivity contribution is 9.10. The Bertz CT molecular complexity index is 723. The number of rotatable bonds is 3. The number of anilines is 1. The third kappa shape index (κ3) is 2.93. The van der Waals surface area contributed by atoms with Gasteiger partial charge in [-0.25, -0.2) is 8.42 Å². The van der Waals surface area contributed by atoms with Crippen LogP contribution >= 0.6 is 27.3 Å². The van der Waals surface area contributed by atoms with Crippen molar-refractivity contribution in [1.82, 2.24) is 0 Å². The summed E-state index contributed by atoms with van der Waals surface area (Å²) in [4.78, 5) is 0. The average Bonchev–Trinajstić information content (AvgIpc) is 2.73. The minimum atomic E-state index is -3.61. The molecule has 0 bridgehead atoms. The molecule has 7 heteroatoms. The monoisotopic (exact) mass is 361 g/mol. The van der Waals surface area contributed by atoms with Gasteiger partial charge in [0.05, 0.1) is 5.69 Å². The summed E-state index contributed by atoms with van der Waals surface area (Å²) in [6, 6.07) is 4.84. The standard InChI is InChI=1S/C12H12BrNO3S2/c1-7-6-11(15)8(2)5-10(7)14-19(16,17)12-9(13)3-4-18-12/h3-6,14-15H,1-2H3. The molecule has 0 fully saturated rings. The Morgan fingerprint density at radius 3 is 2.53 bits per heavy atom. The topological polar surface area (TPSA) is 66.4 Å². The summed E-state index contributed by atoms with van der Waals surface area (Å²) in [6.07, 6.45) is 0. The molecule has 2 N–H and O–H groups in total. The summed E-state index contributed by atoms with van der Waals surface area (Å²) < 4.78 is 27.8. The summed E-state index contributed by atoms with van der Waals surface area (Å²) in [7, 11) is -3.61. The number of aromatic hydroxyl groups is 1. The molecule has 102 valence electrons. The van der Waals surface area contributed by atoms with E-state index in [4.69, 9.17) is 0 Å². The second-order valence-corrected chi connectivity index (χ2v) is 7.76. The van der Waals surface area contributed by atoms with Gasteiger partial charge in [0.2, 0.25) is 0 Å². The molecule has 1 aromatic carbocycles. The van der Waals surface area contributed by atoms with Gasteiger partial charge in [-0.15, -0.1) is 11.3 Å². The van der Waals surface area contributed by atoms with E-state index in [0.717, 1.165) is 11.3 Å². The minimum absolute atomic E-state index is 0.151. The zero-order chi connectivity index (χ0) is 14.2. The van der Waals surface area contributed by atoms with E-state index in [9.17, 15) is 13.5 Å². The van der Waals surface area contributed by atoms with Gasteiger partial charge in [-0.2, -0.15) is 0 Å². The number of nitrogens with one attached hydrogen (secondary N) is 1. The number of aryl methyl sites for hydroxylation is 2. The summed E-state index contributed by atoms with van der Waals surface area (Å²) in [5, 5.41) is 11.3. The Kier molecular flexibility index (Phi) is 3.89. The van der Waals surface area contributed by atoms with E-state index >= 15 is 0 Å². The summed E-state index contributed by atoms with van der Waals surface area (Å²) >= 11 is 4.35. The predicted molar refractivity (Wildman–Crippen MR) is 80.4 cm³/mol. The molecule has 0 amide bonds. The fraction of sp³-hybridized carbons (Fsp3) is 0.167. The maximum absolute atomic E-state index is 12.2. The van der Waals surface area contributed by atoms with Gasteiger partial charge < -0.3 is 5.11 Å². The number of phenols is 1. The van der Waals surface area contributed by atoms with Gasteiger partial charge in [-0.05, 0) is 64.5 Å². The third-order valence-electron chi connectivity index (χ3n) is 2.62. The van der Waals surface area contributed by atoms with E-state index in [1.807, 2.05) is 0 Å². The number of halogens is 1. The molecule has 2 rings (SSSR count). The molecule has 0 aliphatic rings. The first-order chi connectivity index (χ1) is 8.81. The summed E-state index contributed by atoms with van der Waals surface area (Å²) in [5.41, 5.74) is 1.75. The van der Waals surface area contributed by atoms with Crippen molar-refractivity contribution in [2.75, 3.05) is 4.72 Å². The Balaban J connectivity index is 2.42. The van der Waals surface area contributed by atoms with Crippen LogP contribution in [0.5, 0.6) is 5.75 Å². The lowest BCUT2D eigenvalue weighted by atomic mass is 10.1. The first kappa shape index (κ1) is 14.4. The van der Waals surface area contributed by atoms with Crippen LogP contribution in [0.1, 0.15) is 11.1 Å². The van der Waals surface area contributed by atoms with Crippen LogP contribution < -0.4 is 4.72 Å². The summed E-state index contributed by atoms with van der Waals surface area (Å²) in [5.74, 6) is 0.151. The van der Waals surface area contributed by atoms with Crippen LogP contribution in [0.4, 0.5) is 5.69 Å². The van der Waals surface area contributed by atoms with Crippen molar-refractivity contribution < 1.29 is 13.5 Å². The van der Waals surface area contributed by atoms with Gasteiger partial charge in [0.15, 0.2) is 4.21 Å². The van der Waals surface area contributed by atoms with Crippen molar-refractivity contribution in [2.45, 2.75) is 18.1 Å². The first-order valence-corrected chi connectivity index (χ1v) is 8.53. The van der Waals surface area contributed by atoms with E-state index < -0.39 is 10.0 Å². The lowest BCUT2D eigenvalue weighted by Gasteiger charge is -2.11. The highest BCUT2D eigenvalue weighted by Crippen LogP contribution is 2.31. The smallest absolute Gasteiger partial charge is 0.272 e. The van der Waals surface area contributed by atoms with Gasteiger partial charge >= 0.3 is 0 Å². The van der Waals surface area contributed by atoms with E-state index in [-0.39, 0.29) is 9.96 Å². The highest BCUT2D eigenvalue weighted by Gasteiger charge is 2.20. The Morgan fingerprint density at radius 1 is 1.26 bits per heavy atom. The van der Waals surface area contributed by atoms with Crippen molar-refractivity contribution >= 4 is 43.0 Å². The molecule has 0 aliphatic carbocycles. The van der Waals surface area contributed by atoms with Gasteiger partial charge in [-0.1, -0.05) is 0 Å². The van der Waals surface area contributed by atoms with Gasteiger partial charge in [0, 0.05) is 4.47 Å². The molecular formula is C12H12BrNO3S2. The van der Waals surface area contributed by atoms with Crippen LogP contribution in [0, 0.1) is 13.8 Å². The number of hydrogen-bond acceptors (Lipinski definition) is 4. The lowest BCUT2D eigenvalue weighted by molar-refractivity contribution is 0.471. The summed E-state index contributed by atoms with van der Waals surface area (Å²) in [6.45, 7) is 3.45. The Hall–Kier alpha value is -1.05. The molecule has 0 saturated carbocycles. The fourth-order valence-electron chi connectivity index (χ4n) is 1.57. The average molecular weight is 362 g/mol. The maximum atomic E-state index is 12.2. The number of phenolic OH excluding ortho intramolecular Hbond substituents is 1. The number of benzene rings is 1. The van der Waals surface area contributed by atoms with Gasteiger partial charge in [-0.3, -0.25) is 4.72 Å². The van der Waals surface area contributed by atoms with E-state index in [0.29, 0.717) is 21.3 Å². The van der Waals surface area contributed by atoms with E-state index in [2.05, 4.69) is 20.7 Å². The van der Waals surface area contributed by atoms with Crippen molar-refractivity contribution in [3.05, 3.63) is 39.2 Å². The lowest BCUT2D eigenvalue weighted by Crippen LogP contribution is -2.13. The molecule has 0 atom stereocenters. The van der Waals surface area contributed by atoms with Crippen LogP contribution in [0.15, 0.2) is 32.3 Å². The molecule has 1 heterocycles. The van der Waals surface area contributed by atoms with Crippen LogP contribution in [0.2, 0.25) is 0 Å². The molecule has 0 saturated heterocycles. The second-order valence-electron chi connectivity index (χ2n) is 4.12. The second kappa shape index (κ2) is 5.15. The highest BCUT2D eigenvalue weighted by atomic mass is 79.9. The number of sulfonamides is 1. The Labute approximate surface area is 124 Å². The number of hydrogen-bond donors (Lipinski definition) is 2. The number of thiophene rings is 1. The minimum Gasteiger partial charge on any atom is -0.508 e. The van der Waals surface area contributed by atoms with E-state index in [1.54, 1.807) is 31.4 Å².